The minimum atomic E-state index is 0.0723. The van der Waals surface area contributed by atoms with Gasteiger partial charge >= 0.3 is 0 Å². The van der Waals surface area contributed by atoms with Crippen LogP contribution in [0.15, 0.2) is 24.3 Å². The largest absolute Gasteiger partial charge is 0.325 e. The maximum Gasteiger partial charge on any atom is 0.238 e. The molecule has 1 aromatic rings. The van der Waals surface area contributed by atoms with Crippen molar-refractivity contribution < 1.29 is 4.79 Å². The van der Waals surface area contributed by atoms with Gasteiger partial charge in [-0.25, -0.2) is 0 Å². The van der Waals surface area contributed by atoms with Gasteiger partial charge < -0.3 is 10.2 Å². The standard InChI is InChI=1S/C17H27N3O/c1-17(2,3)14-5-7-15(8-6-14)18-16(21)13-20-11-9-19(4)10-12-20/h5-8H,9-13H2,1-4H3,(H,18,21). The summed E-state index contributed by atoms with van der Waals surface area (Å²) in [6, 6.07) is 8.15. The summed E-state index contributed by atoms with van der Waals surface area (Å²) < 4.78 is 0. The molecule has 1 fully saturated rings. The van der Waals surface area contributed by atoms with Gasteiger partial charge in [-0.1, -0.05) is 32.9 Å². The smallest absolute Gasteiger partial charge is 0.238 e. The predicted octanol–water partition coefficient (Wildman–Crippen LogP) is 2.17. The molecule has 0 spiro atoms. The molecule has 1 amide bonds. The van der Waals surface area contributed by atoms with Crippen LogP contribution >= 0.6 is 0 Å². The van der Waals surface area contributed by atoms with Crippen molar-refractivity contribution in [3.63, 3.8) is 0 Å². The molecule has 0 aliphatic carbocycles. The van der Waals surface area contributed by atoms with Crippen LogP contribution in [0.25, 0.3) is 0 Å². The van der Waals surface area contributed by atoms with Gasteiger partial charge in [0.25, 0.3) is 0 Å². The lowest BCUT2D eigenvalue weighted by atomic mass is 9.87. The number of hydrogen-bond acceptors (Lipinski definition) is 3. The van der Waals surface area contributed by atoms with Gasteiger partial charge in [0.05, 0.1) is 6.54 Å². The number of benzene rings is 1. The summed E-state index contributed by atoms with van der Waals surface area (Å²) in [6.07, 6.45) is 0. The number of carbonyl (C=O) groups is 1. The van der Waals surface area contributed by atoms with Crippen LogP contribution in [0.5, 0.6) is 0 Å². The number of anilines is 1. The van der Waals surface area contributed by atoms with E-state index in [0.717, 1.165) is 31.9 Å². The zero-order valence-electron chi connectivity index (χ0n) is 13.6. The highest BCUT2D eigenvalue weighted by Gasteiger charge is 2.17. The molecule has 0 atom stereocenters. The van der Waals surface area contributed by atoms with Crippen molar-refractivity contribution in [2.24, 2.45) is 0 Å². The third-order valence-electron chi connectivity index (χ3n) is 4.00. The SMILES string of the molecule is CN1CCN(CC(=O)Nc2ccc(C(C)(C)C)cc2)CC1. The molecule has 0 bridgehead atoms. The highest BCUT2D eigenvalue weighted by Crippen LogP contribution is 2.23. The highest BCUT2D eigenvalue weighted by atomic mass is 16.2. The summed E-state index contributed by atoms with van der Waals surface area (Å²) in [5, 5.41) is 2.98. The molecule has 21 heavy (non-hydrogen) atoms. The molecule has 0 unspecified atom stereocenters. The first-order valence-corrected chi connectivity index (χ1v) is 7.66. The number of likely N-dealkylation sites (N-methyl/N-ethyl adjacent to an activating group) is 1. The summed E-state index contributed by atoms with van der Waals surface area (Å²) in [6.45, 7) is 11.0. The average molecular weight is 289 g/mol. The van der Waals surface area contributed by atoms with Crippen LogP contribution in [0.3, 0.4) is 0 Å². The minimum Gasteiger partial charge on any atom is -0.325 e. The second-order valence-corrected chi connectivity index (χ2v) is 6.95. The first kappa shape index (κ1) is 16.0. The van der Waals surface area contributed by atoms with E-state index >= 15 is 0 Å². The van der Waals surface area contributed by atoms with E-state index in [1.54, 1.807) is 0 Å². The van der Waals surface area contributed by atoms with Crippen molar-refractivity contribution >= 4 is 11.6 Å². The Morgan fingerprint density at radius 1 is 1.10 bits per heavy atom. The maximum absolute atomic E-state index is 12.1. The Bertz CT molecular complexity index is 468. The van der Waals surface area contributed by atoms with E-state index in [1.807, 2.05) is 12.1 Å². The van der Waals surface area contributed by atoms with Crippen molar-refractivity contribution in [2.45, 2.75) is 26.2 Å². The van der Waals surface area contributed by atoms with E-state index in [1.165, 1.54) is 5.56 Å². The highest BCUT2D eigenvalue weighted by molar-refractivity contribution is 5.92. The van der Waals surface area contributed by atoms with Gasteiger partial charge in [0, 0.05) is 31.9 Å². The summed E-state index contributed by atoms with van der Waals surface area (Å²) >= 11 is 0. The summed E-state index contributed by atoms with van der Waals surface area (Å²) in [4.78, 5) is 16.6. The number of carbonyl (C=O) groups excluding carboxylic acids is 1. The van der Waals surface area contributed by atoms with Crippen LogP contribution in [-0.4, -0.2) is 55.5 Å². The van der Waals surface area contributed by atoms with Crippen LogP contribution < -0.4 is 5.32 Å². The fraction of sp³-hybridized carbons (Fsp3) is 0.588. The van der Waals surface area contributed by atoms with E-state index in [2.05, 4.69) is 55.1 Å². The summed E-state index contributed by atoms with van der Waals surface area (Å²) in [5.74, 6) is 0.0723. The third kappa shape index (κ3) is 4.83. The number of hydrogen-bond donors (Lipinski definition) is 1. The summed E-state index contributed by atoms with van der Waals surface area (Å²) in [7, 11) is 2.12. The number of nitrogens with one attached hydrogen (secondary N) is 1. The number of amides is 1. The lowest BCUT2D eigenvalue weighted by Gasteiger charge is -2.31. The van der Waals surface area contributed by atoms with Crippen LogP contribution in [0.1, 0.15) is 26.3 Å². The van der Waals surface area contributed by atoms with Crippen LogP contribution in [0, 0.1) is 0 Å². The molecular formula is C17H27N3O. The molecule has 1 heterocycles. The van der Waals surface area contributed by atoms with Gasteiger partial charge in [-0.2, -0.15) is 0 Å². The Hall–Kier alpha value is -1.39. The maximum atomic E-state index is 12.1. The van der Waals surface area contributed by atoms with Gasteiger partial charge in [-0.15, -0.1) is 0 Å². The first-order valence-electron chi connectivity index (χ1n) is 7.66. The van der Waals surface area contributed by atoms with Gasteiger partial charge in [0.15, 0.2) is 0 Å². The average Bonchev–Trinajstić information content (AvgIpc) is 2.41. The molecule has 116 valence electrons. The predicted molar refractivity (Wildman–Crippen MR) is 87.7 cm³/mol. The molecule has 0 radical (unpaired) electrons. The molecule has 2 rings (SSSR count). The number of nitrogens with zero attached hydrogens (tertiary/aromatic N) is 2. The van der Waals surface area contributed by atoms with Crippen molar-refractivity contribution in [1.29, 1.82) is 0 Å². The lowest BCUT2D eigenvalue weighted by Crippen LogP contribution is -2.47. The molecule has 1 aliphatic heterocycles. The zero-order valence-corrected chi connectivity index (χ0v) is 13.6. The second kappa shape index (κ2) is 6.58. The van der Waals surface area contributed by atoms with E-state index in [9.17, 15) is 4.79 Å². The molecule has 0 aromatic heterocycles. The molecule has 0 saturated carbocycles. The molecule has 4 nitrogen and oxygen atoms in total. The van der Waals surface area contributed by atoms with E-state index < -0.39 is 0 Å². The van der Waals surface area contributed by atoms with E-state index in [0.29, 0.717) is 6.54 Å². The van der Waals surface area contributed by atoms with E-state index in [4.69, 9.17) is 0 Å². The third-order valence-corrected chi connectivity index (χ3v) is 4.00. The zero-order chi connectivity index (χ0) is 15.5. The van der Waals surface area contributed by atoms with Crippen LogP contribution in [-0.2, 0) is 10.2 Å². The number of rotatable bonds is 3. The van der Waals surface area contributed by atoms with Crippen LogP contribution in [0.4, 0.5) is 5.69 Å². The Morgan fingerprint density at radius 2 is 1.67 bits per heavy atom. The normalized spacial score (nSPS) is 17.7. The number of piperazine rings is 1. The van der Waals surface area contributed by atoms with Crippen molar-refractivity contribution in [3.8, 4) is 0 Å². The van der Waals surface area contributed by atoms with Crippen molar-refractivity contribution in [3.05, 3.63) is 29.8 Å². The summed E-state index contributed by atoms with van der Waals surface area (Å²) in [5.41, 5.74) is 2.30. The molecule has 1 N–H and O–H groups in total. The molecule has 4 heteroatoms. The molecular weight excluding hydrogens is 262 g/mol. The topological polar surface area (TPSA) is 35.6 Å². The van der Waals surface area contributed by atoms with Crippen molar-refractivity contribution in [2.75, 3.05) is 45.1 Å². The van der Waals surface area contributed by atoms with Gasteiger partial charge in [0.2, 0.25) is 5.91 Å². The van der Waals surface area contributed by atoms with Gasteiger partial charge in [-0.05, 0) is 30.2 Å². The monoisotopic (exact) mass is 289 g/mol. The van der Waals surface area contributed by atoms with Crippen LogP contribution in [0.2, 0.25) is 0 Å². The van der Waals surface area contributed by atoms with Crippen molar-refractivity contribution in [1.82, 2.24) is 9.80 Å². The Kier molecular flexibility index (Phi) is 5.01. The minimum absolute atomic E-state index is 0.0723. The van der Waals surface area contributed by atoms with Gasteiger partial charge in [-0.3, -0.25) is 9.69 Å². The quantitative estimate of drug-likeness (QED) is 0.926. The van der Waals surface area contributed by atoms with Gasteiger partial charge in [0.1, 0.15) is 0 Å². The molecule has 1 saturated heterocycles. The Morgan fingerprint density at radius 3 is 2.19 bits per heavy atom. The lowest BCUT2D eigenvalue weighted by molar-refractivity contribution is -0.117. The fourth-order valence-corrected chi connectivity index (χ4v) is 2.46. The molecule has 1 aliphatic rings. The van der Waals surface area contributed by atoms with E-state index in [-0.39, 0.29) is 11.3 Å². The first-order chi connectivity index (χ1) is 9.84. The fourth-order valence-electron chi connectivity index (χ4n) is 2.46. The molecule has 1 aromatic carbocycles. The second-order valence-electron chi connectivity index (χ2n) is 6.95. The Balaban J connectivity index is 1.85. The Labute approximate surface area is 128 Å².